The Morgan fingerprint density at radius 1 is 1.04 bits per heavy atom. The van der Waals surface area contributed by atoms with E-state index in [1.54, 1.807) is 25.3 Å². The summed E-state index contributed by atoms with van der Waals surface area (Å²) in [5.41, 5.74) is 0. The third-order valence-electron chi connectivity index (χ3n) is 2.57. The van der Waals surface area contributed by atoms with Crippen molar-refractivity contribution < 1.29 is 34.5 Å². The van der Waals surface area contributed by atoms with Gasteiger partial charge in [-0.15, -0.1) is 7.92 Å². The van der Waals surface area contributed by atoms with Crippen LogP contribution in [-0.4, -0.2) is 103 Å². The summed E-state index contributed by atoms with van der Waals surface area (Å²) in [6.45, 7) is 4.89. The Morgan fingerprint density at radius 2 is 1.61 bits per heavy atom. The first-order chi connectivity index (χ1) is 12.9. The van der Waals surface area contributed by atoms with Crippen molar-refractivity contribution in [2.75, 3.05) is 58.7 Å². The molecule has 1 heterocycles. The van der Waals surface area contributed by atoms with Crippen LogP contribution >= 0.6 is 19.7 Å². The van der Waals surface area contributed by atoms with Crippen LogP contribution in [0.1, 0.15) is 25.7 Å². The van der Waals surface area contributed by atoms with Crippen LogP contribution in [0.2, 0.25) is 0 Å². The van der Waals surface area contributed by atoms with Gasteiger partial charge in [0, 0.05) is 13.0 Å². The molecule has 4 N–H and O–H groups in total. The third kappa shape index (κ3) is 39.6. The molecular weight excluding hydrogens is 407 g/mol. The van der Waals surface area contributed by atoms with Crippen molar-refractivity contribution in [3.05, 3.63) is 0 Å². The first kappa shape index (κ1) is 31.3. The van der Waals surface area contributed by atoms with E-state index < -0.39 is 17.9 Å². The summed E-state index contributed by atoms with van der Waals surface area (Å²) in [7, 11) is 3.19. The van der Waals surface area contributed by atoms with E-state index in [0.717, 1.165) is 25.8 Å². The number of hydrogen-bond donors (Lipinski definition) is 4. The van der Waals surface area contributed by atoms with Crippen molar-refractivity contribution in [1.82, 2.24) is 10.2 Å². The van der Waals surface area contributed by atoms with Crippen LogP contribution in [0.5, 0.6) is 0 Å². The van der Waals surface area contributed by atoms with Crippen LogP contribution < -0.4 is 5.32 Å². The van der Waals surface area contributed by atoms with Gasteiger partial charge >= 0.3 is 17.9 Å². The number of carboxylic acid groups (broad SMARTS) is 3. The Hall–Kier alpha value is -1.38. The van der Waals surface area contributed by atoms with Gasteiger partial charge in [-0.25, -0.2) is 0 Å². The zero-order valence-corrected chi connectivity index (χ0v) is 19.1. The van der Waals surface area contributed by atoms with E-state index in [-0.39, 0.29) is 26.1 Å². The number of aliphatic carboxylic acids is 3. The number of nitrogens with zero attached hydrogens (tertiary/aromatic N) is 1. The van der Waals surface area contributed by atoms with Gasteiger partial charge in [0.05, 0.1) is 18.5 Å². The summed E-state index contributed by atoms with van der Waals surface area (Å²) in [5.74, 6) is -1.79. The van der Waals surface area contributed by atoms with E-state index >= 15 is 0 Å². The van der Waals surface area contributed by atoms with Gasteiger partial charge in [-0.1, -0.05) is 6.42 Å². The van der Waals surface area contributed by atoms with Crippen LogP contribution in [0.25, 0.3) is 0 Å². The Morgan fingerprint density at radius 3 is 1.86 bits per heavy atom. The Labute approximate surface area is 173 Å². The van der Waals surface area contributed by atoms with Gasteiger partial charge in [0.25, 0.3) is 0 Å². The molecule has 0 aromatic heterocycles. The molecule has 9 nitrogen and oxygen atoms in total. The number of rotatable bonds is 6. The highest BCUT2D eigenvalue weighted by Gasteiger charge is 2.03. The third-order valence-corrected chi connectivity index (χ3v) is 4.01. The fourth-order valence-corrected chi connectivity index (χ4v) is 2.36. The zero-order valence-electron chi connectivity index (χ0n) is 17.4. The minimum Gasteiger partial charge on any atom is -0.481 e. The summed E-state index contributed by atoms with van der Waals surface area (Å²) in [6.07, 6.45) is 6.28. The number of carbonyl (C=O) groups excluding carboxylic acids is 1. The van der Waals surface area contributed by atoms with Crippen molar-refractivity contribution in [3.63, 3.8) is 0 Å². The molecule has 28 heavy (non-hydrogen) atoms. The summed E-state index contributed by atoms with van der Waals surface area (Å²) < 4.78 is 0. The van der Waals surface area contributed by atoms with Crippen LogP contribution in [0.15, 0.2) is 0 Å². The molecule has 0 bridgehead atoms. The minimum atomic E-state index is -0.787. The molecule has 0 radical (unpaired) electrons. The molecule has 166 valence electrons. The average molecular weight is 443 g/mol. The smallest absolute Gasteiger partial charge is 0.317 e. The monoisotopic (exact) mass is 442 g/mol. The topological polar surface area (TPSA) is 144 Å². The lowest BCUT2D eigenvalue weighted by molar-refractivity contribution is -0.138. The highest BCUT2D eigenvalue weighted by Crippen LogP contribution is 2.22. The highest BCUT2D eigenvalue weighted by molar-refractivity contribution is 7.99. The van der Waals surface area contributed by atoms with E-state index in [2.05, 4.69) is 5.32 Å². The first-order valence-corrected chi connectivity index (χ1v) is 12.4. The summed E-state index contributed by atoms with van der Waals surface area (Å²) in [4.78, 5) is 41.3. The van der Waals surface area contributed by atoms with E-state index in [0.29, 0.717) is 6.16 Å². The SMILES string of the molecule is CN(C)CC(=O)O.CP(C)CC(=O)O.CSCC(=O)O.O=C1CCCCCN1. The molecule has 0 aromatic rings. The minimum absolute atomic E-state index is 0.111. The lowest BCUT2D eigenvalue weighted by Crippen LogP contribution is -2.21. The number of hydrogen-bond acceptors (Lipinski definition) is 6. The largest absolute Gasteiger partial charge is 0.481 e. The molecule has 0 atom stereocenters. The summed E-state index contributed by atoms with van der Waals surface area (Å²) in [6, 6.07) is 0. The second-order valence-electron chi connectivity index (χ2n) is 6.25. The van der Waals surface area contributed by atoms with Gasteiger partial charge in [0.1, 0.15) is 0 Å². The molecule has 0 unspecified atom stereocenters. The lowest BCUT2D eigenvalue weighted by Gasteiger charge is -2.01. The van der Waals surface area contributed by atoms with Gasteiger partial charge < -0.3 is 20.6 Å². The Bertz CT molecular complexity index is 419. The quantitative estimate of drug-likeness (QED) is 0.450. The molecule has 0 saturated carbocycles. The van der Waals surface area contributed by atoms with E-state index in [1.807, 2.05) is 13.3 Å². The van der Waals surface area contributed by atoms with Crippen LogP contribution in [-0.2, 0) is 19.2 Å². The summed E-state index contributed by atoms with van der Waals surface area (Å²) in [5, 5.41) is 26.8. The fourth-order valence-electron chi connectivity index (χ4n) is 1.57. The maximum absolute atomic E-state index is 10.6. The highest BCUT2D eigenvalue weighted by atomic mass is 32.2. The maximum Gasteiger partial charge on any atom is 0.317 e. The van der Waals surface area contributed by atoms with Gasteiger partial charge in [-0.2, -0.15) is 11.8 Å². The molecule has 0 aromatic carbocycles. The van der Waals surface area contributed by atoms with Crippen molar-refractivity contribution in [1.29, 1.82) is 0 Å². The number of carboxylic acids is 3. The van der Waals surface area contributed by atoms with E-state index in [1.165, 1.54) is 18.2 Å². The predicted molar refractivity (Wildman–Crippen MR) is 115 cm³/mol. The standard InChI is InChI=1S/C6H11NO.C4H9NO2.C4H9O2P.C3H6O2S/c8-6-4-2-1-3-5-7-6;1-5(2)3-4(6)7;1-7(2)3-4(5)6;1-6-2-3(4)5/h1-5H2,(H,7,8);3H2,1-2H3,(H,6,7);3H2,1-2H3,(H,5,6);2H2,1H3,(H,4,5). The van der Waals surface area contributed by atoms with Crippen LogP contribution in [0, 0.1) is 0 Å². The van der Waals surface area contributed by atoms with Crippen molar-refractivity contribution in [2.24, 2.45) is 0 Å². The van der Waals surface area contributed by atoms with E-state index in [4.69, 9.17) is 15.3 Å². The molecular formula is C17H35N2O7PS. The molecule has 0 spiro atoms. The molecule has 1 rings (SSSR count). The Balaban J connectivity index is -0.000000300. The molecule has 1 aliphatic rings. The zero-order chi connectivity index (χ0) is 22.5. The second-order valence-corrected chi connectivity index (χ2v) is 9.59. The summed E-state index contributed by atoms with van der Waals surface area (Å²) >= 11 is 1.31. The van der Waals surface area contributed by atoms with Crippen LogP contribution in [0.4, 0.5) is 0 Å². The van der Waals surface area contributed by atoms with Crippen molar-refractivity contribution >= 4 is 43.5 Å². The number of thioether (sulfide) groups is 1. The first-order valence-electron chi connectivity index (χ1n) is 8.62. The van der Waals surface area contributed by atoms with Gasteiger partial charge in [0.2, 0.25) is 5.91 Å². The fraction of sp³-hybridized carbons (Fsp3) is 0.765. The van der Waals surface area contributed by atoms with Gasteiger partial charge in [0.15, 0.2) is 0 Å². The second kappa shape index (κ2) is 21.9. The van der Waals surface area contributed by atoms with Gasteiger partial charge in [-0.05, 0) is 46.5 Å². The van der Waals surface area contributed by atoms with Crippen LogP contribution in [0.3, 0.4) is 0 Å². The van der Waals surface area contributed by atoms with Gasteiger partial charge in [-0.3, -0.25) is 24.1 Å². The number of likely N-dealkylation sites (N-methyl/N-ethyl adjacent to an activating group) is 1. The number of nitrogens with one attached hydrogen (secondary N) is 1. The maximum atomic E-state index is 10.6. The Kier molecular flexibility index (Phi) is 24.5. The molecule has 1 aliphatic heterocycles. The normalized spacial score (nSPS) is 12.8. The number of carbonyl (C=O) groups is 4. The molecule has 1 amide bonds. The van der Waals surface area contributed by atoms with Crippen molar-refractivity contribution in [3.8, 4) is 0 Å². The molecule has 11 heteroatoms. The average Bonchev–Trinajstić information content (AvgIpc) is 2.73. The lowest BCUT2D eigenvalue weighted by atomic mass is 10.2. The molecule has 0 aliphatic carbocycles. The molecule has 1 saturated heterocycles. The predicted octanol–water partition coefficient (Wildman–Crippen LogP) is 1.56. The number of amides is 1. The van der Waals surface area contributed by atoms with Crippen molar-refractivity contribution in [2.45, 2.75) is 25.7 Å². The molecule has 1 fully saturated rings. The van der Waals surface area contributed by atoms with E-state index in [9.17, 15) is 19.2 Å².